The van der Waals surface area contributed by atoms with Gasteiger partial charge in [0, 0.05) is 37.2 Å². The second-order valence-electron chi connectivity index (χ2n) is 4.05. The lowest BCUT2D eigenvalue weighted by Gasteiger charge is -2.26. The molecule has 1 saturated heterocycles. The Kier molecular flexibility index (Phi) is 4.57. The Morgan fingerprint density at radius 2 is 2.17 bits per heavy atom. The summed E-state index contributed by atoms with van der Waals surface area (Å²) in [6, 6.07) is 1.47. The summed E-state index contributed by atoms with van der Waals surface area (Å²) in [5.41, 5.74) is 6.00. The third-order valence-electron chi connectivity index (χ3n) is 2.68. The minimum atomic E-state index is -3.41. The molecule has 0 radical (unpaired) electrons. The van der Waals surface area contributed by atoms with Gasteiger partial charge < -0.3 is 10.5 Å². The lowest BCUT2D eigenvalue weighted by atomic mass is 10.4. The molecular weight excluding hydrogens is 274 g/mol. The van der Waals surface area contributed by atoms with Crippen LogP contribution in [0.25, 0.3) is 0 Å². The normalized spacial score (nSPS) is 18.0. The van der Waals surface area contributed by atoms with Gasteiger partial charge in [0.25, 0.3) is 0 Å². The molecule has 102 valence electrons. The number of nitrogens with one attached hydrogen (secondary N) is 1. The van der Waals surface area contributed by atoms with Crippen LogP contribution in [0.15, 0.2) is 15.7 Å². The van der Waals surface area contributed by atoms with E-state index in [-0.39, 0.29) is 4.21 Å². The second-order valence-corrected chi connectivity index (χ2v) is 6.96. The minimum absolute atomic E-state index is 0.266. The van der Waals surface area contributed by atoms with E-state index in [1.165, 1.54) is 6.07 Å². The topological polar surface area (TPSA) is 84.7 Å². The van der Waals surface area contributed by atoms with Gasteiger partial charge in [0.2, 0.25) is 10.0 Å². The van der Waals surface area contributed by atoms with Crippen LogP contribution >= 0.6 is 11.3 Å². The Morgan fingerprint density at radius 1 is 1.44 bits per heavy atom. The molecule has 1 aromatic heterocycles. The monoisotopic (exact) mass is 291 g/mol. The fourth-order valence-electron chi connectivity index (χ4n) is 1.71. The third-order valence-corrected chi connectivity index (χ3v) is 5.60. The van der Waals surface area contributed by atoms with E-state index in [4.69, 9.17) is 10.5 Å². The zero-order valence-electron chi connectivity index (χ0n) is 9.96. The van der Waals surface area contributed by atoms with Gasteiger partial charge in [-0.15, -0.1) is 11.3 Å². The highest BCUT2D eigenvalue weighted by atomic mass is 32.2. The van der Waals surface area contributed by atoms with Crippen LogP contribution in [0.2, 0.25) is 0 Å². The van der Waals surface area contributed by atoms with Gasteiger partial charge in [0.1, 0.15) is 4.21 Å². The number of thiophene rings is 1. The van der Waals surface area contributed by atoms with Crippen LogP contribution in [0.3, 0.4) is 0 Å². The lowest BCUT2D eigenvalue weighted by molar-refractivity contribution is 0.0390. The first-order valence-electron chi connectivity index (χ1n) is 5.72. The molecule has 2 heterocycles. The van der Waals surface area contributed by atoms with Gasteiger partial charge in [-0.1, -0.05) is 0 Å². The first kappa shape index (κ1) is 13.8. The molecule has 0 atom stereocenters. The number of ether oxygens (including phenoxy) is 1. The molecule has 0 aromatic carbocycles. The summed E-state index contributed by atoms with van der Waals surface area (Å²) in [7, 11) is -3.41. The predicted molar refractivity (Wildman–Crippen MR) is 71.2 cm³/mol. The summed E-state index contributed by atoms with van der Waals surface area (Å²) in [4.78, 5) is 2.18. The molecule has 0 aliphatic carbocycles. The molecule has 1 aliphatic heterocycles. The highest BCUT2D eigenvalue weighted by Gasteiger charge is 2.17. The van der Waals surface area contributed by atoms with Crippen molar-refractivity contribution in [2.24, 2.45) is 0 Å². The van der Waals surface area contributed by atoms with E-state index in [2.05, 4.69) is 9.62 Å². The number of hydrogen-bond acceptors (Lipinski definition) is 6. The molecule has 0 spiro atoms. The highest BCUT2D eigenvalue weighted by Crippen LogP contribution is 2.20. The van der Waals surface area contributed by atoms with Crippen LogP contribution in [-0.2, 0) is 14.8 Å². The zero-order chi connectivity index (χ0) is 13.0. The number of sulfonamides is 1. The van der Waals surface area contributed by atoms with Gasteiger partial charge in [-0.3, -0.25) is 4.90 Å². The fraction of sp³-hybridized carbons (Fsp3) is 0.600. The second kappa shape index (κ2) is 5.98. The van der Waals surface area contributed by atoms with Gasteiger partial charge in [0.15, 0.2) is 0 Å². The number of nitrogen functional groups attached to an aromatic ring is 1. The maximum atomic E-state index is 11.9. The maximum absolute atomic E-state index is 11.9. The van der Waals surface area contributed by atoms with Gasteiger partial charge in [-0.05, 0) is 6.07 Å². The quantitative estimate of drug-likeness (QED) is 0.794. The van der Waals surface area contributed by atoms with Crippen molar-refractivity contribution in [1.29, 1.82) is 0 Å². The number of nitrogens with zero attached hydrogens (tertiary/aromatic N) is 1. The molecule has 0 amide bonds. The smallest absolute Gasteiger partial charge is 0.250 e. The highest BCUT2D eigenvalue weighted by molar-refractivity contribution is 7.91. The van der Waals surface area contributed by atoms with Crippen molar-refractivity contribution in [2.75, 3.05) is 45.1 Å². The standard InChI is InChI=1S/C10H17N3O3S2/c11-9-7-10(17-8-9)18(14,15)12-1-2-13-3-5-16-6-4-13/h7-8,12H,1-6,11H2. The Labute approximate surface area is 111 Å². The molecule has 0 bridgehead atoms. The first-order chi connectivity index (χ1) is 8.58. The lowest BCUT2D eigenvalue weighted by Crippen LogP contribution is -2.41. The van der Waals surface area contributed by atoms with Crippen LogP contribution in [-0.4, -0.2) is 52.7 Å². The molecule has 1 aromatic rings. The Bertz CT molecular complexity index is 480. The molecule has 1 aliphatic rings. The van der Waals surface area contributed by atoms with E-state index in [0.29, 0.717) is 32.0 Å². The summed E-state index contributed by atoms with van der Waals surface area (Å²) in [5, 5.41) is 1.62. The van der Waals surface area contributed by atoms with Crippen molar-refractivity contribution < 1.29 is 13.2 Å². The SMILES string of the molecule is Nc1csc(S(=O)(=O)NCCN2CCOCC2)c1. The van der Waals surface area contributed by atoms with Gasteiger partial charge in [-0.25, -0.2) is 13.1 Å². The van der Waals surface area contributed by atoms with Crippen molar-refractivity contribution in [2.45, 2.75) is 4.21 Å². The Hall–Kier alpha value is -0.670. The molecule has 8 heteroatoms. The minimum Gasteiger partial charge on any atom is -0.398 e. The van der Waals surface area contributed by atoms with E-state index in [0.717, 1.165) is 24.4 Å². The van der Waals surface area contributed by atoms with Crippen LogP contribution in [0.4, 0.5) is 5.69 Å². The van der Waals surface area contributed by atoms with Crippen molar-refractivity contribution >= 4 is 27.0 Å². The van der Waals surface area contributed by atoms with Crippen LogP contribution in [0.1, 0.15) is 0 Å². The van der Waals surface area contributed by atoms with Crippen LogP contribution in [0.5, 0.6) is 0 Å². The molecular formula is C10H17N3O3S2. The first-order valence-corrected chi connectivity index (χ1v) is 8.08. The largest absolute Gasteiger partial charge is 0.398 e. The maximum Gasteiger partial charge on any atom is 0.250 e. The van der Waals surface area contributed by atoms with E-state index in [9.17, 15) is 8.42 Å². The molecule has 1 fully saturated rings. The van der Waals surface area contributed by atoms with Gasteiger partial charge >= 0.3 is 0 Å². The fourth-order valence-corrected chi connectivity index (χ4v) is 3.85. The van der Waals surface area contributed by atoms with Crippen molar-refractivity contribution in [1.82, 2.24) is 9.62 Å². The average molecular weight is 291 g/mol. The van der Waals surface area contributed by atoms with E-state index < -0.39 is 10.0 Å². The molecule has 0 unspecified atom stereocenters. The van der Waals surface area contributed by atoms with Crippen molar-refractivity contribution in [3.8, 4) is 0 Å². The zero-order valence-corrected chi connectivity index (χ0v) is 11.6. The van der Waals surface area contributed by atoms with Crippen LogP contribution < -0.4 is 10.5 Å². The molecule has 18 heavy (non-hydrogen) atoms. The van der Waals surface area contributed by atoms with Gasteiger partial charge in [-0.2, -0.15) is 0 Å². The number of rotatable bonds is 5. The van der Waals surface area contributed by atoms with E-state index in [1.807, 2.05) is 0 Å². The van der Waals surface area contributed by atoms with Crippen LogP contribution in [0, 0.1) is 0 Å². The summed E-state index contributed by atoms with van der Waals surface area (Å²) in [6.45, 7) is 4.24. The van der Waals surface area contributed by atoms with E-state index in [1.54, 1.807) is 5.38 Å². The van der Waals surface area contributed by atoms with E-state index >= 15 is 0 Å². The average Bonchev–Trinajstić information content (AvgIpc) is 2.78. The van der Waals surface area contributed by atoms with Gasteiger partial charge in [0.05, 0.1) is 13.2 Å². The number of nitrogens with two attached hydrogens (primary N) is 1. The Morgan fingerprint density at radius 3 is 2.78 bits per heavy atom. The van der Waals surface area contributed by atoms with Crippen molar-refractivity contribution in [3.63, 3.8) is 0 Å². The van der Waals surface area contributed by atoms with Crippen molar-refractivity contribution in [3.05, 3.63) is 11.4 Å². The third kappa shape index (κ3) is 3.66. The molecule has 2 rings (SSSR count). The number of anilines is 1. The molecule has 3 N–H and O–H groups in total. The Balaban J connectivity index is 1.82. The number of morpholine rings is 1. The summed E-state index contributed by atoms with van der Waals surface area (Å²) >= 11 is 1.13. The summed E-state index contributed by atoms with van der Waals surface area (Å²) in [6.07, 6.45) is 0. The summed E-state index contributed by atoms with van der Waals surface area (Å²) < 4.78 is 31.8. The predicted octanol–water partition coefficient (Wildman–Crippen LogP) is -0.0592. The molecule has 0 saturated carbocycles. The summed E-state index contributed by atoms with van der Waals surface area (Å²) in [5.74, 6) is 0. The molecule has 6 nitrogen and oxygen atoms in total. The number of hydrogen-bond donors (Lipinski definition) is 2.